The Morgan fingerprint density at radius 2 is 2.00 bits per heavy atom. The summed E-state index contributed by atoms with van der Waals surface area (Å²) in [4.78, 5) is 15.0. The Kier molecular flexibility index (Phi) is 4.96. The van der Waals surface area contributed by atoms with E-state index in [1.54, 1.807) is 11.6 Å². The van der Waals surface area contributed by atoms with Crippen LogP contribution in [0.5, 0.6) is 0 Å². The molecule has 0 radical (unpaired) electrons. The van der Waals surface area contributed by atoms with Crippen LogP contribution in [0.25, 0.3) is 0 Å². The number of likely N-dealkylation sites (tertiary alicyclic amines) is 1. The van der Waals surface area contributed by atoms with Gasteiger partial charge in [-0.15, -0.1) is 0 Å². The van der Waals surface area contributed by atoms with Crippen LogP contribution in [0.2, 0.25) is 0 Å². The van der Waals surface area contributed by atoms with Crippen LogP contribution in [0.15, 0.2) is 47.5 Å². The molecule has 0 unspecified atom stereocenters. The third-order valence-electron chi connectivity index (χ3n) is 4.73. The molecule has 1 aromatic heterocycles. The lowest BCUT2D eigenvalue weighted by Crippen LogP contribution is -2.37. The molecule has 0 spiro atoms. The second-order valence-corrected chi connectivity index (χ2v) is 8.25. The molecular formula is C18H23N3O3S. The highest BCUT2D eigenvalue weighted by molar-refractivity contribution is 7.89. The Morgan fingerprint density at radius 1 is 1.28 bits per heavy atom. The van der Waals surface area contributed by atoms with Gasteiger partial charge in [-0.05, 0) is 37.9 Å². The SMILES string of the molecule is CNS(=O)(=O)c1cc(C(=O)N2CCC[C@H]2Cc2ccccc2)n(C)c1. The maximum atomic E-state index is 13.0. The zero-order chi connectivity index (χ0) is 18.0. The number of rotatable bonds is 5. The molecule has 1 amide bonds. The van der Waals surface area contributed by atoms with Gasteiger partial charge in [0.2, 0.25) is 10.0 Å². The van der Waals surface area contributed by atoms with E-state index in [9.17, 15) is 13.2 Å². The van der Waals surface area contributed by atoms with Crippen molar-refractivity contribution < 1.29 is 13.2 Å². The van der Waals surface area contributed by atoms with Crippen molar-refractivity contribution in [2.75, 3.05) is 13.6 Å². The van der Waals surface area contributed by atoms with Crippen molar-refractivity contribution in [2.45, 2.75) is 30.2 Å². The Morgan fingerprint density at radius 3 is 2.68 bits per heavy atom. The van der Waals surface area contributed by atoms with Gasteiger partial charge in [-0.2, -0.15) is 0 Å². The molecule has 0 aliphatic carbocycles. The summed E-state index contributed by atoms with van der Waals surface area (Å²) < 4.78 is 27.8. The molecule has 2 heterocycles. The largest absolute Gasteiger partial charge is 0.345 e. The van der Waals surface area contributed by atoms with Gasteiger partial charge in [0.15, 0.2) is 0 Å². The molecule has 1 fully saturated rings. The summed E-state index contributed by atoms with van der Waals surface area (Å²) in [5.74, 6) is -0.113. The Labute approximate surface area is 148 Å². The highest BCUT2D eigenvalue weighted by Crippen LogP contribution is 2.24. The summed E-state index contributed by atoms with van der Waals surface area (Å²) in [6.07, 6.45) is 4.22. The van der Waals surface area contributed by atoms with E-state index in [1.807, 2.05) is 23.1 Å². The minimum Gasteiger partial charge on any atom is -0.345 e. The van der Waals surface area contributed by atoms with Crippen molar-refractivity contribution in [3.05, 3.63) is 53.9 Å². The Hall–Kier alpha value is -2.12. The van der Waals surface area contributed by atoms with Gasteiger partial charge in [0.05, 0.1) is 0 Å². The van der Waals surface area contributed by atoms with Gasteiger partial charge < -0.3 is 9.47 Å². The molecule has 25 heavy (non-hydrogen) atoms. The van der Waals surface area contributed by atoms with Gasteiger partial charge in [0.1, 0.15) is 10.6 Å². The number of hydrogen-bond donors (Lipinski definition) is 1. The smallest absolute Gasteiger partial charge is 0.270 e. The number of hydrogen-bond acceptors (Lipinski definition) is 3. The third kappa shape index (κ3) is 3.62. The van der Waals surface area contributed by atoms with Crippen LogP contribution in [-0.2, 0) is 23.5 Å². The van der Waals surface area contributed by atoms with Crippen molar-refractivity contribution in [3.63, 3.8) is 0 Å². The van der Waals surface area contributed by atoms with E-state index < -0.39 is 10.0 Å². The number of sulfonamides is 1. The first-order chi connectivity index (χ1) is 11.9. The molecule has 7 heteroatoms. The highest BCUT2D eigenvalue weighted by atomic mass is 32.2. The molecular weight excluding hydrogens is 338 g/mol. The zero-order valence-corrected chi connectivity index (χ0v) is 15.3. The van der Waals surface area contributed by atoms with E-state index in [4.69, 9.17) is 0 Å². The number of carbonyl (C=O) groups is 1. The van der Waals surface area contributed by atoms with Gasteiger partial charge in [0.25, 0.3) is 5.91 Å². The van der Waals surface area contributed by atoms with E-state index >= 15 is 0 Å². The van der Waals surface area contributed by atoms with E-state index in [1.165, 1.54) is 24.9 Å². The summed E-state index contributed by atoms with van der Waals surface area (Å²) in [7, 11) is -0.501. The maximum absolute atomic E-state index is 13.0. The fraction of sp³-hybridized carbons (Fsp3) is 0.389. The number of amides is 1. The van der Waals surface area contributed by atoms with Gasteiger partial charge in [-0.3, -0.25) is 4.79 Å². The van der Waals surface area contributed by atoms with Crippen molar-refractivity contribution in [3.8, 4) is 0 Å². The molecule has 1 saturated heterocycles. The predicted molar refractivity (Wildman–Crippen MR) is 95.9 cm³/mol. The Bertz CT molecular complexity index is 859. The summed E-state index contributed by atoms with van der Waals surface area (Å²) in [6.45, 7) is 0.704. The molecule has 1 N–H and O–H groups in total. The number of aromatic nitrogens is 1. The lowest BCUT2D eigenvalue weighted by molar-refractivity contribution is 0.0727. The minimum atomic E-state index is -3.56. The van der Waals surface area contributed by atoms with Crippen molar-refractivity contribution in [2.24, 2.45) is 7.05 Å². The van der Waals surface area contributed by atoms with Crippen LogP contribution in [-0.4, -0.2) is 43.4 Å². The number of benzene rings is 1. The summed E-state index contributed by atoms with van der Waals surface area (Å²) >= 11 is 0. The fourth-order valence-electron chi connectivity index (χ4n) is 3.36. The number of aryl methyl sites for hydroxylation is 1. The van der Waals surface area contributed by atoms with Gasteiger partial charge in [-0.25, -0.2) is 13.1 Å². The summed E-state index contributed by atoms with van der Waals surface area (Å²) in [5, 5.41) is 0. The van der Waals surface area contributed by atoms with Crippen LogP contribution in [0, 0.1) is 0 Å². The normalized spacial score (nSPS) is 17.8. The summed E-state index contributed by atoms with van der Waals surface area (Å²) in [6, 6.07) is 11.7. The minimum absolute atomic E-state index is 0.111. The third-order valence-corrected chi connectivity index (χ3v) is 6.11. The molecule has 1 aliphatic rings. The number of nitrogens with one attached hydrogen (secondary N) is 1. The van der Waals surface area contributed by atoms with E-state index in [2.05, 4.69) is 16.9 Å². The molecule has 1 aliphatic heterocycles. The molecule has 134 valence electrons. The number of nitrogens with zero attached hydrogens (tertiary/aromatic N) is 2. The monoisotopic (exact) mass is 361 g/mol. The number of carbonyl (C=O) groups excluding carboxylic acids is 1. The first-order valence-corrected chi connectivity index (χ1v) is 9.85. The zero-order valence-electron chi connectivity index (χ0n) is 14.5. The van der Waals surface area contributed by atoms with Crippen molar-refractivity contribution in [1.82, 2.24) is 14.2 Å². The van der Waals surface area contributed by atoms with Crippen LogP contribution in [0.3, 0.4) is 0 Å². The van der Waals surface area contributed by atoms with Crippen LogP contribution in [0.4, 0.5) is 0 Å². The average molecular weight is 361 g/mol. The Balaban J connectivity index is 1.82. The van der Waals surface area contributed by atoms with E-state index in [0.29, 0.717) is 12.2 Å². The van der Waals surface area contributed by atoms with Crippen LogP contribution in [0.1, 0.15) is 28.9 Å². The summed E-state index contributed by atoms with van der Waals surface area (Å²) in [5.41, 5.74) is 1.60. The highest BCUT2D eigenvalue weighted by Gasteiger charge is 2.31. The quantitative estimate of drug-likeness (QED) is 0.882. The second kappa shape index (κ2) is 7.01. The lowest BCUT2D eigenvalue weighted by atomic mass is 10.0. The molecule has 1 aromatic carbocycles. The molecule has 2 aromatic rings. The molecule has 6 nitrogen and oxygen atoms in total. The first-order valence-electron chi connectivity index (χ1n) is 8.37. The predicted octanol–water partition coefficient (Wildman–Crippen LogP) is 1.78. The average Bonchev–Trinajstić information content (AvgIpc) is 3.22. The fourth-order valence-corrected chi connectivity index (χ4v) is 4.16. The molecule has 1 atom stereocenters. The maximum Gasteiger partial charge on any atom is 0.270 e. The second-order valence-electron chi connectivity index (χ2n) is 6.36. The molecule has 0 bridgehead atoms. The van der Waals surface area contributed by atoms with Gasteiger partial charge >= 0.3 is 0 Å². The topological polar surface area (TPSA) is 71.4 Å². The van der Waals surface area contributed by atoms with Crippen molar-refractivity contribution >= 4 is 15.9 Å². The van der Waals surface area contributed by atoms with E-state index in [0.717, 1.165) is 19.3 Å². The molecule has 0 saturated carbocycles. The van der Waals surface area contributed by atoms with Gasteiger partial charge in [0, 0.05) is 25.8 Å². The van der Waals surface area contributed by atoms with E-state index in [-0.39, 0.29) is 16.8 Å². The van der Waals surface area contributed by atoms with Gasteiger partial charge in [-0.1, -0.05) is 30.3 Å². The molecule has 3 rings (SSSR count). The van der Waals surface area contributed by atoms with Crippen LogP contribution < -0.4 is 4.72 Å². The lowest BCUT2D eigenvalue weighted by Gasteiger charge is -2.25. The standard InChI is InChI=1S/C18H23N3O3S/c1-19-25(23,24)16-12-17(20(2)13-16)18(22)21-10-6-9-15(21)11-14-7-4-3-5-8-14/h3-5,7-8,12-13,15,19H,6,9-11H2,1-2H3/t15-/m0/s1. The van der Waals surface area contributed by atoms with Crippen molar-refractivity contribution in [1.29, 1.82) is 0 Å². The van der Waals surface area contributed by atoms with Crippen LogP contribution >= 0.6 is 0 Å². The first kappa shape index (κ1) is 17.7.